The molecule has 156 valence electrons. The number of aryl methyl sites for hydroxylation is 1. The Balaban J connectivity index is 1.28. The Bertz CT molecular complexity index is 992. The number of nitrogens with zero attached hydrogens (tertiary/aromatic N) is 2. The number of piperazine rings is 1. The van der Waals surface area contributed by atoms with Crippen LogP contribution in [0.5, 0.6) is 5.75 Å². The van der Waals surface area contributed by atoms with E-state index < -0.39 is 0 Å². The summed E-state index contributed by atoms with van der Waals surface area (Å²) in [6, 6.07) is 17.9. The normalized spacial score (nSPS) is 14.7. The van der Waals surface area contributed by atoms with Gasteiger partial charge in [0.25, 0.3) is 5.91 Å². The number of amides is 1. The lowest BCUT2D eigenvalue weighted by Gasteiger charge is -2.34. The molecule has 5 nitrogen and oxygen atoms in total. The predicted octanol–water partition coefficient (Wildman–Crippen LogP) is 4.26. The Morgan fingerprint density at radius 3 is 2.47 bits per heavy atom. The van der Waals surface area contributed by atoms with Crippen molar-refractivity contribution >= 4 is 5.91 Å². The van der Waals surface area contributed by atoms with Crippen LogP contribution in [0.4, 0.5) is 4.39 Å². The van der Waals surface area contributed by atoms with Crippen LogP contribution in [-0.2, 0) is 13.2 Å². The lowest BCUT2D eigenvalue weighted by Crippen LogP contribution is -2.48. The molecule has 1 aromatic heterocycles. The molecule has 4 rings (SSSR count). The van der Waals surface area contributed by atoms with Crippen LogP contribution in [0.25, 0.3) is 0 Å². The lowest BCUT2D eigenvalue weighted by atomic mass is 10.2. The van der Waals surface area contributed by atoms with Gasteiger partial charge in [0.05, 0.1) is 0 Å². The second-order valence-electron chi connectivity index (χ2n) is 7.51. The summed E-state index contributed by atoms with van der Waals surface area (Å²) in [6.45, 7) is 5.83. The van der Waals surface area contributed by atoms with E-state index in [4.69, 9.17) is 9.15 Å². The first kappa shape index (κ1) is 20.2. The molecule has 1 saturated heterocycles. The standard InChI is InChI=1S/C24H25FN2O3/c1-18-4-2-3-5-22(18)29-17-21-10-11-23(30-21)24(28)27-14-12-26(13-15-27)16-19-6-8-20(25)9-7-19/h2-11H,12-17H2,1H3. The number of ether oxygens (including phenoxy) is 1. The number of hydrogen-bond donors (Lipinski definition) is 0. The summed E-state index contributed by atoms with van der Waals surface area (Å²) < 4.78 is 24.6. The van der Waals surface area contributed by atoms with Crippen LogP contribution < -0.4 is 4.74 Å². The zero-order valence-electron chi connectivity index (χ0n) is 17.0. The molecule has 2 heterocycles. The van der Waals surface area contributed by atoms with E-state index in [2.05, 4.69) is 4.90 Å². The van der Waals surface area contributed by atoms with Gasteiger partial charge < -0.3 is 14.1 Å². The van der Waals surface area contributed by atoms with Crippen molar-refractivity contribution in [2.75, 3.05) is 26.2 Å². The van der Waals surface area contributed by atoms with Crippen LogP contribution in [-0.4, -0.2) is 41.9 Å². The minimum atomic E-state index is -0.226. The fourth-order valence-electron chi connectivity index (χ4n) is 3.55. The molecule has 0 spiro atoms. The van der Waals surface area contributed by atoms with Gasteiger partial charge in [-0.3, -0.25) is 9.69 Å². The van der Waals surface area contributed by atoms with Crippen molar-refractivity contribution in [3.05, 3.63) is 89.1 Å². The highest BCUT2D eigenvalue weighted by atomic mass is 19.1. The zero-order valence-corrected chi connectivity index (χ0v) is 17.0. The van der Waals surface area contributed by atoms with Crippen molar-refractivity contribution < 1.29 is 18.3 Å². The molecule has 0 radical (unpaired) electrons. The Morgan fingerprint density at radius 2 is 1.73 bits per heavy atom. The van der Waals surface area contributed by atoms with E-state index in [0.29, 0.717) is 24.6 Å². The average molecular weight is 408 g/mol. The molecule has 0 unspecified atom stereocenters. The van der Waals surface area contributed by atoms with E-state index in [1.807, 2.05) is 36.1 Å². The fourth-order valence-corrected chi connectivity index (χ4v) is 3.55. The molecule has 1 aliphatic heterocycles. The van der Waals surface area contributed by atoms with E-state index in [9.17, 15) is 9.18 Å². The molecule has 1 aliphatic rings. The third kappa shape index (κ3) is 4.89. The van der Waals surface area contributed by atoms with Crippen LogP contribution in [0.1, 0.15) is 27.4 Å². The van der Waals surface area contributed by atoms with E-state index in [1.54, 1.807) is 24.3 Å². The molecule has 2 aromatic carbocycles. The molecule has 1 fully saturated rings. The minimum absolute atomic E-state index is 0.0985. The minimum Gasteiger partial charge on any atom is -0.485 e. The number of para-hydroxylation sites is 1. The Morgan fingerprint density at radius 1 is 1.00 bits per heavy atom. The van der Waals surface area contributed by atoms with Gasteiger partial charge in [-0.25, -0.2) is 4.39 Å². The van der Waals surface area contributed by atoms with E-state index in [0.717, 1.165) is 36.5 Å². The maximum absolute atomic E-state index is 13.0. The highest BCUT2D eigenvalue weighted by Crippen LogP contribution is 2.19. The van der Waals surface area contributed by atoms with E-state index in [-0.39, 0.29) is 18.3 Å². The molecular formula is C24H25FN2O3. The van der Waals surface area contributed by atoms with Gasteiger partial charge in [-0.05, 0) is 48.4 Å². The van der Waals surface area contributed by atoms with Crippen molar-refractivity contribution in [2.45, 2.75) is 20.1 Å². The van der Waals surface area contributed by atoms with Crippen molar-refractivity contribution in [2.24, 2.45) is 0 Å². The van der Waals surface area contributed by atoms with Crippen LogP contribution in [0.2, 0.25) is 0 Å². The number of rotatable bonds is 6. The van der Waals surface area contributed by atoms with Gasteiger partial charge in [-0.2, -0.15) is 0 Å². The number of halogens is 1. The number of carbonyl (C=O) groups excluding carboxylic acids is 1. The molecule has 0 atom stereocenters. The Labute approximate surface area is 175 Å². The highest BCUT2D eigenvalue weighted by Gasteiger charge is 2.24. The largest absolute Gasteiger partial charge is 0.485 e. The summed E-state index contributed by atoms with van der Waals surface area (Å²) in [6.07, 6.45) is 0. The topological polar surface area (TPSA) is 45.9 Å². The quantitative estimate of drug-likeness (QED) is 0.611. The van der Waals surface area contributed by atoms with Crippen molar-refractivity contribution in [3.63, 3.8) is 0 Å². The third-order valence-electron chi connectivity index (χ3n) is 5.31. The van der Waals surface area contributed by atoms with Crippen LogP contribution >= 0.6 is 0 Å². The summed E-state index contributed by atoms with van der Waals surface area (Å²) in [5.41, 5.74) is 2.12. The molecule has 0 saturated carbocycles. The van der Waals surface area contributed by atoms with Crippen LogP contribution in [0.15, 0.2) is 65.1 Å². The third-order valence-corrected chi connectivity index (χ3v) is 5.31. The molecule has 30 heavy (non-hydrogen) atoms. The molecule has 0 N–H and O–H groups in total. The number of carbonyl (C=O) groups is 1. The first-order chi connectivity index (χ1) is 14.6. The molecule has 3 aromatic rings. The molecule has 6 heteroatoms. The molecule has 0 bridgehead atoms. The molecular weight excluding hydrogens is 383 g/mol. The lowest BCUT2D eigenvalue weighted by molar-refractivity contribution is 0.0594. The van der Waals surface area contributed by atoms with E-state index in [1.165, 1.54) is 12.1 Å². The van der Waals surface area contributed by atoms with Gasteiger partial charge in [0.2, 0.25) is 0 Å². The zero-order chi connectivity index (χ0) is 20.9. The Kier molecular flexibility index (Phi) is 6.14. The second-order valence-corrected chi connectivity index (χ2v) is 7.51. The van der Waals surface area contributed by atoms with Crippen molar-refractivity contribution in [1.82, 2.24) is 9.80 Å². The van der Waals surface area contributed by atoms with Crippen LogP contribution in [0, 0.1) is 12.7 Å². The van der Waals surface area contributed by atoms with Crippen LogP contribution in [0.3, 0.4) is 0 Å². The molecule has 0 aliphatic carbocycles. The van der Waals surface area contributed by atoms with Gasteiger partial charge in [-0.15, -0.1) is 0 Å². The molecule has 1 amide bonds. The van der Waals surface area contributed by atoms with Gasteiger partial charge in [0.1, 0.15) is 23.9 Å². The summed E-state index contributed by atoms with van der Waals surface area (Å²) in [5.74, 6) is 1.44. The Hall–Kier alpha value is -3.12. The predicted molar refractivity (Wildman–Crippen MR) is 112 cm³/mol. The fraction of sp³-hybridized carbons (Fsp3) is 0.292. The van der Waals surface area contributed by atoms with Crippen molar-refractivity contribution in [1.29, 1.82) is 0 Å². The second kappa shape index (κ2) is 9.13. The van der Waals surface area contributed by atoms with Gasteiger partial charge in [0, 0.05) is 32.7 Å². The number of benzene rings is 2. The van der Waals surface area contributed by atoms with Crippen molar-refractivity contribution in [3.8, 4) is 5.75 Å². The van der Waals surface area contributed by atoms with Gasteiger partial charge >= 0.3 is 0 Å². The maximum atomic E-state index is 13.0. The number of hydrogen-bond acceptors (Lipinski definition) is 4. The van der Waals surface area contributed by atoms with Gasteiger partial charge in [0.15, 0.2) is 5.76 Å². The first-order valence-corrected chi connectivity index (χ1v) is 10.1. The maximum Gasteiger partial charge on any atom is 0.289 e. The monoisotopic (exact) mass is 408 g/mol. The highest BCUT2D eigenvalue weighted by molar-refractivity contribution is 5.91. The number of furan rings is 1. The average Bonchev–Trinajstić information content (AvgIpc) is 3.24. The summed E-state index contributed by atoms with van der Waals surface area (Å²) in [5, 5.41) is 0. The summed E-state index contributed by atoms with van der Waals surface area (Å²) in [4.78, 5) is 16.9. The summed E-state index contributed by atoms with van der Waals surface area (Å²) >= 11 is 0. The first-order valence-electron chi connectivity index (χ1n) is 10.1. The summed E-state index contributed by atoms with van der Waals surface area (Å²) in [7, 11) is 0. The van der Waals surface area contributed by atoms with E-state index >= 15 is 0 Å². The smallest absolute Gasteiger partial charge is 0.289 e. The SMILES string of the molecule is Cc1ccccc1OCc1ccc(C(=O)N2CCN(Cc3ccc(F)cc3)CC2)o1. The van der Waals surface area contributed by atoms with Gasteiger partial charge in [-0.1, -0.05) is 30.3 Å².